The molecule has 132 valence electrons. The van der Waals surface area contributed by atoms with Gasteiger partial charge in [-0.1, -0.05) is 19.1 Å². The molecule has 1 saturated heterocycles. The molecule has 0 spiro atoms. The fourth-order valence-electron chi connectivity index (χ4n) is 2.62. The Hall–Kier alpha value is -2.11. The van der Waals surface area contributed by atoms with Gasteiger partial charge in [-0.05, 0) is 37.5 Å². The number of hydrogen-bond acceptors (Lipinski definition) is 2. The topological polar surface area (TPSA) is 52.7 Å². The molecule has 0 aromatic heterocycles. The maximum Gasteiger partial charge on any atom is 0.317 e. The number of carbonyl (C=O) groups is 2. The third-order valence-corrected chi connectivity index (χ3v) is 4.44. The minimum atomic E-state index is -0.267. The zero-order chi connectivity index (χ0) is 17.5. The van der Waals surface area contributed by atoms with Crippen molar-refractivity contribution in [3.8, 4) is 0 Å². The number of rotatable bonds is 5. The SMILES string of the molecule is CCC(C)NC(=O)N1CCN(C(=O)CCc2ccc(F)cc2)CC1. The maximum absolute atomic E-state index is 12.9. The summed E-state index contributed by atoms with van der Waals surface area (Å²) >= 11 is 0. The molecule has 0 bridgehead atoms. The Balaban J connectivity index is 1.74. The molecule has 5 nitrogen and oxygen atoms in total. The number of nitrogens with zero attached hydrogens (tertiary/aromatic N) is 2. The highest BCUT2D eigenvalue weighted by molar-refractivity contribution is 5.78. The number of benzene rings is 1. The highest BCUT2D eigenvalue weighted by atomic mass is 19.1. The van der Waals surface area contributed by atoms with Crippen molar-refractivity contribution in [1.82, 2.24) is 15.1 Å². The lowest BCUT2D eigenvalue weighted by Gasteiger charge is -2.35. The van der Waals surface area contributed by atoms with Crippen LogP contribution < -0.4 is 5.32 Å². The Morgan fingerprint density at radius 2 is 1.71 bits per heavy atom. The van der Waals surface area contributed by atoms with Crippen LogP contribution in [0.5, 0.6) is 0 Å². The summed E-state index contributed by atoms with van der Waals surface area (Å²) in [5.74, 6) is -0.182. The van der Waals surface area contributed by atoms with E-state index in [1.165, 1.54) is 12.1 Å². The standard InChI is InChI=1S/C18H26FN3O2/c1-3-14(2)20-18(24)22-12-10-21(11-13-22)17(23)9-6-15-4-7-16(19)8-5-15/h4-5,7-8,14H,3,6,9-13H2,1-2H3,(H,20,24). The van der Waals surface area contributed by atoms with Crippen molar-refractivity contribution in [3.63, 3.8) is 0 Å². The predicted octanol–water partition coefficient (Wildman–Crippen LogP) is 2.41. The molecule has 1 aromatic rings. The van der Waals surface area contributed by atoms with Crippen molar-refractivity contribution in [3.05, 3.63) is 35.6 Å². The summed E-state index contributed by atoms with van der Waals surface area (Å²) in [5.41, 5.74) is 0.955. The summed E-state index contributed by atoms with van der Waals surface area (Å²) in [6.07, 6.45) is 1.91. The molecule has 6 heteroatoms. The van der Waals surface area contributed by atoms with E-state index in [2.05, 4.69) is 5.32 Å². The highest BCUT2D eigenvalue weighted by Gasteiger charge is 2.24. The Bertz CT molecular complexity index is 554. The van der Waals surface area contributed by atoms with E-state index in [1.807, 2.05) is 13.8 Å². The van der Waals surface area contributed by atoms with Gasteiger partial charge in [0, 0.05) is 38.6 Å². The van der Waals surface area contributed by atoms with Gasteiger partial charge < -0.3 is 15.1 Å². The van der Waals surface area contributed by atoms with Crippen LogP contribution in [0.1, 0.15) is 32.3 Å². The Labute approximate surface area is 142 Å². The largest absolute Gasteiger partial charge is 0.339 e. The van der Waals surface area contributed by atoms with E-state index in [4.69, 9.17) is 0 Å². The van der Waals surface area contributed by atoms with Gasteiger partial charge in [-0.2, -0.15) is 0 Å². The summed E-state index contributed by atoms with van der Waals surface area (Å²) in [6, 6.07) is 6.35. The van der Waals surface area contributed by atoms with Crippen LogP contribution in [-0.4, -0.2) is 54.0 Å². The summed E-state index contributed by atoms with van der Waals surface area (Å²) in [7, 11) is 0. The van der Waals surface area contributed by atoms with Crippen molar-refractivity contribution in [1.29, 1.82) is 0 Å². The van der Waals surface area contributed by atoms with Crippen LogP contribution in [0.15, 0.2) is 24.3 Å². The van der Waals surface area contributed by atoms with Crippen molar-refractivity contribution < 1.29 is 14.0 Å². The summed E-state index contributed by atoms with van der Waals surface area (Å²) < 4.78 is 12.9. The van der Waals surface area contributed by atoms with Gasteiger partial charge >= 0.3 is 6.03 Å². The number of amides is 3. The minimum Gasteiger partial charge on any atom is -0.339 e. The first kappa shape index (κ1) is 18.2. The van der Waals surface area contributed by atoms with E-state index in [-0.39, 0.29) is 23.8 Å². The molecule has 1 aliphatic heterocycles. The fraction of sp³-hybridized carbons (Fsp3) is 0.556. The average Bonchev–Trinajstić information content (AvgIpc) is 2.61. The zero-order valence-electron chi connectivity index (χ0n) is 14.4. The van der Waals surface area contributed by atoms with Gasteiger partial charge in [0.2, 0.25) is 5.91 Å². The molecule has 3 amide bonds. The Kier molecular flexibility index (Phi) is 6.58. The van der Waals surface area contributed by atoms with Gasteiger partial charge in [0.05, 0.1) is 0 Å². The second-order valence-corrected chi connectivity index (χ2v) is 6.25. The van der Waals surface area contributed by atoms with Crippen LogP contribution >= 0.6 is 0 Å². The molecule has 1 N–H and O–H groups in total. The molecule has 1 aromatic carbocycles. The predicted molar refractivity (Wildman–Crippen MR) is 91.2 cm³/mol. The van der Waals surface area contributed by atoms with Crippen molar-refractivity contribution in [2.75, 3.05) is 26.2 Å². The Morgan fingerprint density at radius 1 is 1.12 bits per heavy atom. The smallest absolute Gasteiger partial charge is 0.317 e. The quantitative estimate of drug-likeness (QED) is 0.898. The molecule has 0 radical (unpaired) electrons. The second kappa shape index (κ2) is 8.66. The van der Waals surface area contributed by atoms with Crippen LogP contribution in [-0.2, 0) is 11.2 Å². The number of hydrogen-bond donors (Lipinski definition) is 1. The number of aryl methyl sites for hydroxylation is 1. The van der Waals surface area contributed by atoms with E-state index < -0.39 is 0 Å². The molecule has 0 aliphatic carbocycles. The number of piperazine rings is 1. The maximum atomic E-state index is 12.9. The normalized spacial score (nSPS) is 16.0. The van der Waals surface area contributed by atoms with Crippen LogP contribution in [0.3, 0.4) is 0 Å². The lowest BCUT2D eigenvalue weighted by molar-refractivity contribution is -0.132. The molecule has 24 heavy (non-hydrogen) atoms. The van der Waals surface area contributed by atoms with Gasteiger partial charge in [-0.25, -0.2) is 9.18 Å². The summed E-state index contributed by atoms with van der Waals surface area (Å²) in [4.78, 5) is 27.9. The molecule has 0 saturated carbocycles. The molecule has 1 atom stereocenters. The summed E-state index contributed by atoms with van der Waals surface area (Å²) in [6.45, 7) is 6.26. The molecular weight excluding hydrogens is 309 g/mol. The molecule has 1 heterocycles. The van der Waals surface area contributed by atoms with Crippen LogP contribution in [0, 0.1) is 5.82 Å². The molecule has 1 unspecified atom stereocenters. The first-order valence-electron chi connectivity index (χ1n) is 8.57. The first-order chi connectivity index (χ1) is 11.5. The summed E-state index contributed by atoms with van der Waals surface area (Å²) in [5, 5.41) is 2.95. The van der Waals surface area contributed by atoms with E-state index in [0.29, 0.717) is 39.0 Å². The minimum absolute atomic E-state index is 0.0530. The van der Waals surface area contributed by atoms with Gasteiger partial charge in [-0.15, -0.1) is 0 Å². The monoisotopic (exact) mass is 335 g/mol. The van der Waals surface area contributed by atoms with Gasteiger partial charge in [0.25, 0.3) is 0 Å². The van der Waals surface area contributed by atoms with E-state index in [1.54, 1.807) is 21.9 Å². The third kappa shape index (κ3) is 5.22. The third-order valence-electron chi connectivity index (χ3n) is 4.44. The fourth-order valence-corrected chi connectivity index (χ4v) is 2.62. The number of carbonyl (C=O) groups excluding carboxylic acids is 2. The van der Waals surface area contributed by atoms with Crippen molar-refractivity contribution in [2.24, 2.45) is 0 Å². The van der Waals surface area contributed by atoms with E-state index >= 15 is 0 Å². The van der Waals surface area contributed by atoms with Crippen molar-refractivity contribution in [2.45, 2.75) is 39.2 Å². The molecular formula is C18H26FN3O2. The van der Waals surface area contributed by atoms with Crippen molar-refractivity contribution >= 4 is 11.9 Å². The van der Waals surface area contributed by atoms with Gasteiger partial charge in [0.15, 0.2) is 0 Å². The number of urea groups is 1. The van der Waals surface area contributed by atoms with Crippen LogP contribution in [0.2, 0.25) is 0 Å². The molecule has 2 rings (SSSR count). The number of halogens is 1. The number of nitrogens with one attached hydrogen (secondary N) is 1. The lowest BCUT2D eigenvalue weighted by atomic mass is 10.1. The highest BCUT2D eigenvalue weighted by Crippen LogP contribution is 2.09. The van der Waals surface area contributed by atoms with E-state index in [0.717, 1.165) is 12.0 Å². The van der Waals surface area contributed by atoms with Gasteiger partial charge in [0.1, 0.15) is 5.82 Å². The molecule has 1 aliphatic rings. The molecule has 1 fully saturated rings. The second-order valence-electron chi connectivity index (χ2n) is 6.25. The van der Waals surface area contributed by atoms with Crippen LogP contribution in [0.4, 0.5) is 9.18 Å². The van der Waals surface area contributed by atoms with Gasteiger partial charge in [-0.3, -0.25) is 4.79 Å². The van der Waals surface area contributed by atoms with E-state index in [9.17, 15) is 14.0 Å². The lowest BCUT2D eigenvalue weighted by Crippen LogP contribution is -2.54. The average molecular weight is 335 g/mol. The first-order valence-corrected chi connectivity index (χ1v) is 8.57. The Morgan fingerprint density at radius 3 is 2.29 bits per heavy atom. The zero-order valence-corrected chi connectivity index (χ0v) is 14.4. The van der Waals surface area contributed by atoms with Crippen LogP contribution in [0.25, 0.3) is 0 Å².